The van der Waals surface area contributed by atoms with Crippen molar-refractivity contribution in [1.82, 2.24) is 24.9 Å². The summed E-state index contributed by atoms with van der Waals surface area (Å²) < 4.78 is 14.7. The number of carbonyl (C=O) groups is 1. The Balaban J connectivity index is 1.63. The van der Waals surface area contributed by atoms with E-state index in [1.807, 2.05) is 6.92 Å². The van der Waals surface area contributed by atoms with Crippen LogP contribution in [0.1, 0.15) is 35.1 Å². The minimum absolute atomic E-state index is 0.0481. The maximum absolute atomic E-state index is 13.2. The number of carboxylic acid groups (broad SMARTS) is 1. The van der Waals surface area contributed by atoms with Crippen molar-refractivity contribution < 1.29 is 14.3 Å². The summed E-state index contributed by atoms with van der Waals surface area (Å²) in [6.07, 6.45) is 4.26. The van der Waals surface area contributed by atoms with E-state index in [4.69, 9.17) is 5.11 Å². The highest BCUT2D eigenvalue weighted by Crippen LogP contribution is 2.30. The lowest BCUT2D eigenvalue weighted by molar-refractivity contribution is 0.0583. The van der Waals surface area contributed by atoms with E-state index in [1.165, 1.54) is 18.5 Å². The van der Waals surface area contributed by atoms with Crippen molar-refractivity contribution >= 4 is 5.97 Å². The molecule has 0 radical (unpaired) electrons. The standard InChI is InChI=1S/C13H14FN5O2/c1-8(9-2-10(14)4-15-3-9)18-5-11(6-18)19-7-12(13(20)21)16-17-19/h2-4,7-8,11H,5-6H2,1H3,(H,20,21). The lowest BCUT2D eigenvalue weighted by Crippen LogP contribution is -2.48. The quantitative estimate of drug-likeness (QED) is 0.909. The molecule has 1 atom stereocenters. The van der Waals surface area contributed by atoms with Crippen LogP contribution in [0, 0.1) is 5.82 Å². The zero-order valence-corrected chi connectivity index (χ0v) is 11.3. The first-order valence-corrected chi connectivity index (χ1v) is 6.54. The fraction of sp³-hybridized carbons (Fsp3) is 0.385. The van der Waals surface area contributed by atoms with Crippen molar-refractivity contribution in [1.29, 1.82) is 0 Å². The molecule has 3 heterocycles. The molecule has 2 aromatic rings. The van der Waals surface area contributed by atoms with Crippen molar-refractivity contribution in [2.24, 2.45) is 0 Å². The first kappa shape index (κ1) is 13.6. The van der Waals surface area contributed by atoms with Gasteiger partial charge in [-0.3, -0.25) is 9.88 Å². The molecule has 0 aromatic carbocycles. The van der Waals surface area contributed by atoms with Crippen molar-refractivity contribution in [3.63, 3.8) is 0 Å². The maximum Gasteiger partial charge on any atom is 0.358 e. The van der Waals surface area contributed by atoms with Gasteiger partial charge in [-0.2, -0.15) is 0 Å². The van der Waals surface area contributed by atoms with Crippen LogP contribution >= 0.6 is 0 Å². The molecule has 0 bridgehead atoms. The molecule has 0 aliphatic carbocycles. The molecule has 0 amide bonds. The summed E-state index contributed by atoms with van der Waals surface area (Å²) >= 11 is 0. The fourth-order valence-electron chi connectivity index (χ4n) is 2.39. The van der Waals surface area contributed by atoms with Gasteiger partial charge < -0.3 is 5.11 Å². The lowest BCUT2D eigenvalue weighted by Gasteiger charge is -2.42. The molecule has 1 N–H and O–H groups in total. The molecule has 7 nitrogen and oxygen atoms in total. The van der Waals surface area contributed by atoms with Gasteiger partial charge in [0.25, 0.3) is 0 Å². The Morgan fingerprint density at radius 1 is 1.48 bits per heavy atom. The molecule has 8 heteroatoms. The van der Waals surface area contributed by atoms with E-state index in [1.54, 1.807) is 10.9 Å². The van der Waals surface area contributed by atoms with Crippen LogP contribution in [0.3, 0.4) is 0 Å². The van der Waals surface area contributed by atoms with Crippen molar-refractivity contribution in [3.8, 4) is 0 Å². The van der Waals surface area contributed by atoms with Crippen LogP contribution in [0.4, 0.5) is 4.39 Å². The second kappa shape index (κ2) is 5.21. The topological polar surface area (TPSA) is 84.1 Å². The average molecular weight is 291 g/mol. The normalized spacial score (nSPS) is 17.4. The first-order valence-electron chi connectivity index (χ1n) is 6.54. The Hall–Kier alpha value is -2.35. The van der Waals surface area contributed by atoms with Gasteiger partial charge in [0.2, 0.25) is 0 Å². The molecule has 0 saturated carbocycles. The van der Waals surface area contributed by atoms with Gasteiger partial charge in [0.05, 0.1) is 18.4 Å². The molecular weight excluding hydrogens is 277 g/mol. The Bertz CT molecular complexity index is 668. The van der Waals surface area contributed by atoms with Crippen molar-refractivity contribution in [3.05, 3.63) is 41.7 Å². The van der Waals surface area contributed by atoms with Gasteiger partial charge in [0.15, 0.2) is 5.69 Å². The first-order chi connectivity index (χ1) is 10.0. The van der Waals surface area contributed by atoms with Crippen molar-refractivity contribution in [2.45, 2.75) is 19.0 Å². The molecule has 0 spiro atoms. The third kappa shape index (κ3) is 2.62. The molecule has 1 fully saturated rings. The van der Waals surface area contributed by atoms with Crippen LogP contribution in [0.25, 0.3) is 0 Å². The number of halogens is 1. The molecule has 1 saturated heterocycles. The predicted molar refractivity (Wildman–Crippen MR) is 70.2 cm³/mol. The zero-order valence-electron chi connectivity index (χ0n) is 11.3. The molecule has 1 aliphatic rings. The van der Waals surface area contributed by atoms with Gasteiger partial charge in [0.1, 0.15) is 5.82 Å². The summed E-state index contributed by atoms with van der Waals surface area (Å²) in [6, 6.07) is 1.62. The van der Waals surface area contributed by atoms with Crippen LogP contribution < -0.4 is 0 Å². The van der Waals surface area contributed by atoms with Gasteiger partial charge in [-0.1, -0.05) is 5.21 Å². The highest BCUT2D eigenvalue weighted by Gasteiger charge is 2.33. The van der Waals surface area contributed by atoms with Gasteiger partial charge in [0, 0.05) is 25.3 Å². The lowest BCUT2D eigenvalue weighted by atomic mass is 10.0. The molecule has 110 valence electrons. The highest BCUT2D eigenvalue weighted by molar-refractivity contribution is 5.84. The SMILES string of the molecule is CC(c1cncc(F)c1)N1CC(n2cc(C(=O)O)nn2)C1. The number of rotatable bonds is 4. The summed E-state index contributed by atoms with van der Waals surface area (Å²) in [4.78, 5) is 16.8. The van der Waals surface area contributed by atoms with E-state index in [2.05, 4.69) is 20.2 Å². The monoisotopic (exact) mass is 291 g/mol. The second-order valence-electron chi connectivity index (χ2n) is 5.11. The number of hydrogen-bond acceptors (Lipinski definition) is 5. The van der Waals surface area contributed by atoms with Gasteiger partial charge in [-0.25, -0.2) is 13.9 Å². The van der Waals surface area contributed by atoms with E-state index >= 15 is 0 Å². The van der Waals surface area contributed by atoms with E-state index in [0.29, 0.717) is 13.1 Å². The fourth-order valence-corrected chi connectivity index (χ4v) is 2.39. The number of hydrogen-bond donors (Lipinski definition) is 1. The molecular formula is C13H14FN5O2. The van der Waals surface area contributed by atoms with Crippen LogP contribution in [-0.2, 0) is 0 Å². The van der Waals surface area contributed by atoms with Gasteiger partial charge >= 0.3 is 5.97 Å². The summed E-state index contributed by atoms with van der Waals surface area (Å²) in [5.41, 5.74) is 0.758. The molecule has 1 unspecified atom stereocenters. The minimum Gasteiger partial charge on any atom is -0.476 e. The number of nitrogens with zero attached hydrogens (tertiary/aromatic N) is 5. The number of pyridine rings is 1. The number of carboxylic acids is 1. The van der Waals surface area contributed by atoms with E-state index in [9.17, 15) is 9.18 Å². The second-order valence-corrected chi connectivity index (χ2v) is 5.11. The zero-order chi connectivity index (χ0) is 15.0. The number of likely N-dealkylation sites (tertiary alicyclic amines) is 1. The van der Waals surface area contributed by atoms with E-state index in [-0.39, 0.29) is 23.6 Å². The average Bonchev–Trinajstić information content (AvgIpc) is 2.86. The van der Waals surface area contributed by atoms with Crippen LogP contribution in [-0.4, -0.2) is 49.0 Å². The Labute approximate surface area is 120 Å². The smallest absolute Gasteiger partial charge is 0.358 e. The summed E-state index contributed by atoms with van der Waals surface area (Å²) in [5, 5.41) is 16.2. The Morgan fingerprint density at radius 2 is 2.24 bits per heavy atom. The molecule has 3 rings (SSSR count). The van der Waals surface area contributed by atoms with E-state index < -0.39 is 5.97 Å². The van der Waals surface area contributed by atoms with Crippen LogP contribution in [0.2, 0.25) is 0 Å². The Morgan fingerprint density at radius 3 is 2.86 bits per heavy atom. The van der Waals surface area contributed by atoms with E-state index in [0.717, 1.165) is 5.56 Å². The van der Waals surface area contributed by atoms with Crippen molar-refractivity contribution in [2.75, 3.05) is 13.1 Å². The summed E-state index contributed by atoms with van der Waals surface area (Å²) in [7, 11) is 0. The predicted octanol–water partition coefficient (Wildman–Crippen LogP) is 1.13. The largest absolute Gasteiger partial charge is 0.476 e. The van der Waals surface area contributed by atoms with Crippen LogP contribution in [0.15, 0.2) is 24.7 Å². The Kier molecular flexibility index (Phi) is 3.38. The summed E-state index contributed by atoms with van der Waals surface area (Å²) in [5.74, 6) is -1.43. The minimum atomic E-state index is -1.09. The van der Waals surface area contributed by atoms with Crippen LogP contribution in [0.5, 0.6) is 0 Å². The molecule has 1 aliphatic heterocycles. The highest BCUT2D eigenvalue weighted by atomic mass is 19.1. The molecule has 21 heavy (non-hydrogen) atoms. The number of aromatic carboxylic acids is 1. The van der Waals surface area contributed by atoms with Gasteiger partial charge in [-0.15, -0.1) is 5.10 Å². The third-order valence-corrected chi connectivity index (χ3v) is 3.75. The maximum atomic E-state index is 13.2. The van der Waals surface area contributed by atoms with Gasteiger partial charge in [-0.05, 0) is 18.6 Å². The molecule has 2 aromatic heterocycles. The summed E-state index contributed by atoms with van der Waals surface area (Å²) in [6.45, 7) is 3.40. The third-order valence-electron chi connectivity index (χ3n) is 3.75. The number of aromatic nitrogens is 4.